The highest BCUT2D eigenvalue weighted by atomic mass is 79.9. The lowest BCUT2D eigenvalue weighted by Gasteiger charge is -2.36. The molecule has 3 aromatic heterocycles. The van der Waals surface area contributed by atoms with E-state index in [9.17, 15) is 120 Å². The highest BCUT2D eigenvalue weighted by Gasteiger charge is 2.53. The van der Waals surface area contributed by atoms with Gasteiger partial charge in [0.25, 0.3) is 0 Å². The number of allylic oxidation sites excluding steroid dienone is 2. The van der Waals surface area contributed by atoms with E-state index >= 15 is 0 Å². The number of carboxylic acid groups (broad SMARTS) is 1. The van der Waals surface area contributed by atoms with Gasteiger partial charge in [0, 0.05) is 69.9 Å². The molecule has 0 bridgehead atoms. The van der Waals surface area contributed by atoms with Crippen LogP contribution in [0.15, 0.2) is 57.9 Å². The Bertz CT molecular complexity index is 3750. The fourth-order valence-corrected chi connectivity index (χ4v) is 13.5. The number of amides is 1. The number of hydrogen-bond donors (Lipinski definition) is 4. The number of pyridine rings is 3. The van der Waals surface area contributed by atoms with Gasteiger partial charge in [-0.05, 0) is 153 Å². The van der Waals surface area contributed by atoms with E-state index < -0.39 is 118 Å². The van der Waals surface area contributed by atoms with Gasteiger partial charge in [-0.2, -0.15) is 79.0 Å². The van der Waals surface area contributed by atoms with Crippen molar-refractivity contribution in [2.75, 3.05) is 80.1 Å². The van der Waals surface area contributed by atoms with Crippen molar-refractivity contribution < 1.29 is 158 Å². The maximum absolute atomic E-state index is 12.4. The van der Waals surface area contributed by atoms with Crippen LogP contribution >= 0.6 is 39.5 Å². The molecule has 6 aliphatic rings. The summed E-state index contributed by atoms with van der Waals surface area (Å²) in [6.45, 7) is 4.23. The fraction of sp³-hybridized carbons (Fsp3) is 0.667. The van der Waals surface area contributed by atoms with Crippen molar-refractivity contribution in [3.8, 4) is 17.6 Å². The summed E-state index contributed by atoms with van der Waals surface area (Å²) in [6, 6.07) is 5.14. The number of aromatic nitrogens is 3. The Balaban J connectivity index is 0. The van der Waals surface area contributed by atoms with Gasteiger partial charge in [0.05, 0.1) is 121 Å². The number of hydroxylamine groups is 3. The van der Waals surface area contributed by atoms with E-state index in [2.05, 4.69) is 71.8 Å². The van der Waals surface area contributed by atoms with Crippen molar-refractivity contribution in [2.24, 2.45) is 76.2 Å². The summed E-state index contributed by atoms with van der Waals surface area (Å²) in [5, 5.41) is 13.5. The highest BCUT2D eigenvalue weighted by molar-refractivity contribution is 9.10. The molecule has 5 N–H and O–H groups in total. The summed E-state index contributed by atoms with van der Waals surface area (Å²) >= 11 is 6.62. The standard InChI is InChI=1S/C14H17F3N2O3S.C13H13BrF3NO.C11H17BrNO4P.C8H12F3NO2.C6H7F3O2.2C6H7F3O.C2H7NO.CH5NO2S.2CH4/c1-22-13-10(7-12(8-18-13)19-23(2,20)21)4-3-9-5-11(6-9)14(15,16)17;1-19-12-9(6-11(14)7-18-12)3-2-8-4-10(5-8)13(15,16)17;1-4-16-18(14,17-5-2)8-9-6-10(12)7-13-11(9)15-3;1-12(14-2)7(13)5-3-6(4-5)8(9,10)11;7-6(8,9)4-1-3(2-4)5(10)11;2*7-6(8,9)5-1-4(2-5)3-10;1-3-4-2;1-5(2,3)4;;/h3-4,7-9,11,19H,5-6H2,1-2H3;2-3,6-8,10H,4-5H2,1H3;6-7H,4-5,8H2,1-3H3;5-6H,3-4H2,1-2H3;3-4H,1-2H2,(H,10,11);2*3-5H,1-2H2;3H,1-2H3;1H3,(H2,2,3,4);2*1H4/b4-3+;3-2+;;;;;;;;;. The number of nitrogens with zero attached hydrogens (tertiary/aromatic N) is 4. The van der Waals surface area contributed by atoms with Crippen molar-refractivity contribution in [2.45, 2.75) is 149 Å². The number of sulfonamides is 2. The van der Waals surface area contributed by atoms with Gasteiger partial charge in [-0.15, -0.1) is 0 Å². The van der Waals surface area contributed by atoms with E-state index in [1.54, 1.807) is 70.8 Å². The van der Waals surface area contributed by atoms with Crippen LogP contribution in [-0.4, -0.2) is 179 Å². The van der Waals surface area contributed by atoms with Crippen molar-refractivity contribution in [1.29, 1.82) is 0 Å². The lowest BCUT2D eigenvalue weighted by molar-refractivity contribution is -0.214. The molecule has 0 radical (unpaired) electrons. The monoisotopic (exact) mass is 1890 g/mol. The molecule has 0 aromatic carbocycles. The molecule has 3 heterocycles. The van der Waals surface area contributed by atoms with Gasteiger partial charge in [0.1, 0.15) is 12.6 Å². The van der Waals surface area contributed by atoms with Gasteiger partial charge in [0.15, 0.2) is 0 Å². The molecule has 670 valence electrons. The Morgan fingerprint density at radius 1 is 0.552 bits per heavy atom. The number of nitrogens with one attached hydrogen (secondary N) is 2. The maximum Gasteiger partial charge on any atom is 0.391 e. The fourth-order valence-electron chi connectivity index (χ4n) is 10.5. The van der Waals surface area contributed by atoms with Crippen LogP contribution in [0.25, 0.3) is 12.2 Å². The number of aldehydes is 2. The summed E-state index contributed by atoms with van der Waals surface area (Å²) in [6.07, 6.45) is -10.3. The second-order valence-corrected chi connectivity index (χ2v) is 33.4. The topological polar surface area (TPSA) is 330 Å². The first-order valence-corrected chi connectivity index (χ1v) is 41.1. The Hall–Kier alpha value is -6.00. The number of aliphatic carboxylic acids is 1. The third-order valence-electron chi connectivity index (χ3n) is 17.2. The van der Waals surface area contributed by atoms with E-state index in [4.69, 9.17) is 28.4 Å². The van der Waals surface area contributed by atoms with Crippen LogP contribution in [0.1, 0.15) is 122 Å². The average Bonchev–Trinajstić information content (AvgIpc) is 1.03. The predicted molar refractivity (Wildman–Crippen MR) is 401 cm³/mol. The molecule has 6 fully saturated rings. The molecule has 47 heteroatoms. The SMILES string of the molecule is C.C.CCOP(=O)(Cc1cc(Br)cnc1OC)OCC.CNOC.CON(C)C(=O)C1CC(C(F)(F)F)C1.COc1ncc(Br)cc1/C=C/C1CC(C(F)(F)F)C1.COc1ncc(NS(C)(=O)=O)cc1/C=C/C1CC(C(F)(F)F)C1.CS(N)(=O)=O.O=C(O)C1CC(C(F)(F)F)C1.O=CC1CC(C(F)(F)F)C1.O=CC1CC(C(F)(F)F)C1. The number of nitrogens with two attached hydrogens (primary N) is 1. The minimum absolute atomic E-state index is 0. The van der Waals surface area contributed by atoms with Crippen LogP contribution in [0.3, 0.4) is 0 Å². The van der Waals surface area contributed by atoms with Gasteiger partial charge < -0.3 is 42.8 Å². The summed E-state index contributed by atoms with van der Waals surface area (Å²) in [7, 11) is 0.662. The van der Waals surface area contributed by atoms with Crippen LogP contribution in [0, 0.1) is 71.0 Å². The van der Waals surface area contributed by atoms with E-state index in [1.165, 1.54) is 47.8 Å². The number of methoxy groups -OCH3 is 3. The molecular formula is C69H100Br2F18N7O17PS2. The maximum atomic E-state index is 12.4. The lowest BCUT2D eigenvalue weighted by Crippen LogP contribution is -2.44. The van der Waals surface area contributed by atoms with Crippen LogP contribution in [0.2, 0.25) is 0 Å². The summed E-state index contributed by atoms with van der Waals surface area (Å²) in [5.41, 5.74) is 4.63. The summed E-state index contributed by atoms with van der Waals surface area (Å²) < 4.78 is 299. The number of anilines is 1. The van der Waals surface area contributed by atoms with Crippen LogP contribution in [-0.2, 0) is 68.7 Å². The molecule has 0 atom stereocenters. The Kier molecular flexibility index (Phi) is 48.6. The second-order valence-electron chi connectivity index (χ2n) is 26.2. The highest BCUT2D eigenvalue weighted by Crippen LogP contribution is 2.53. The van der Waals surface area contributed by atoms with Crippen LogP contribution in [0.4, 0.5) is 84.7 Å². The summed E-state index contributed by atoms with van der Waals surface area (Å²) in [5.74, 6) is -10.0. The predicted octanol–water partition coefficient (Wildman–Crippen LogP) is 17.9. The van der Waals surface area contributed by atoms with Crippen molar-refractivity contribution in [3.05, 3.63) is 74.6 Å². The Labute approximate surface area is 679 Å². The Morgan fingerprint density at radius 2 is 0.853 bits per heavy atom. The molecule has 1 amide bonds. The molecule has 24 nitrogen and oxygen atoms in total. The molecule has 0 unspecified atom stereocenters. The van der Waals surface area contributed by atoms with Crippen LogP contribution < -0.4 is 29.6 Å². The quantitative estimate of drug-likeness (QED) is 0.0333. The Morgan fingerprint density at radius 3 is 1.15 bits per heavy atom. The number of halogens is 20. The van der Waals surface area contributed by atoms with E-state index in [-0.39, 0.29) is 139 Å². The van der Waals surface area contributed by atoms with Crippen molar-refractivity contribution in [1.82, 2.24) is 25.5 Å². The van der Waals surface area contributed by atoms with Crippen molar-refractivity contribution >= 4 is 102 Å². The number of carbonyl (C=O) groups excluding carboxylic acids is 3. The number of primary sulfonamides is 1. The number of carboxylic acids is 1. The smallest absolute Gasteiger partial charge is 0.391 e. The number of alkyl halides is 18. The number of ether oxygens (including phenoxy) is 3. The molecule has 0 saturated heterocycles. The van der Waals surface area contributed by atoms with Gasteiger partial charge in [0.2, 0.25) is 43.6 Å². The zero-order valence-electron chi connectivity index (χ0n) is 63.1. The molecule has 116 heavy (non-hydrogen) atoms. The van der Waals surface area contributed by atoms with Gasteiger partial charge in [-0.25, -0.2) is 47.5 Å². The normalized spacial score (nSPS) is 22.7. The zero-order valence-corrected chi connectivity index (χ0v) is 68.8. The van der Waals surface area contributed by atoms with Crippen molar-refractivity contribution in [3.63, 3.8) is 0 Å². The number of rotatable bonds is 21. The second kappa shape index (κ2) is 50.3. The molecular weight excluding hydrogens is 1800 g/mol. The first-order chi connectivity index (χ1) is 52.3. The minimum atomic E-state index is -4.20. The van der Waals surface area contributed by atoms with E-state index in [0.717, 1.165) is 32.1 Å². The number of hydrogen-bond acceptors (Lipinski definition) is 20. The zero-order chi connectivity index (χ0) is 87.9. The molecule has 9 rings (SSSR count). The molecule has 6 saturated carbocycles. The summed E-state index contributed by atoms with van der Waals surface area (Å²) in [4.78, 5) is 62.2. The molecule has 6 aliphatic carbocycles. The molecule has 0 spiro atoms. The van der Waals surface area contributed by atoms with Gasteiger partial charge in [-0.1, -0.05) is 39.2 Å². The first kappa shape index (κ1) is 112. The van der Waals surface area contributed by atoms with E-state index in [1.807, 2.05) is 6.07 Å². The molecule has 0 aliphatic heterocycles. The number of carbonyl (C=O) groups is 4. The first-order valence-electron chi connectivity index (χ1n) is 34.0. The third kappa shape index (κ3) is 42.8. The average molecular weight is 1900 g/mol. The minimum Gasteiger partial charge on any atom is -0.481 e. The largest absolute Gasteiger partial charge is 0.481 e. The third-order valence-corrected chi connectivity index (χ3v) is 20.7. The molecule has 3 aromatic rings. The van der Waals surface area contributed by atoms with E-state index in [0.29, 0.717) is 48.7 Å². The van der Waals surface area contributed by atoms with Gasteiger partial charge in [-0.3, -0.25) is 23.7 Å². The lowest BCUT2D eigenvalue weighted by atomic mass is 9.74. The van der Waals surface area contributed by atoms with Gasteiger partial charge >= 0.3 is 50.6 Å². The van der Waals surface area contributed by atoms with Crippen LogP contribution in [0.5, 0.6) is 17.6 Å².